The van der Waals surface area contributed by atoms with E-state index in [0.29, 0.717) is 12.1 Å². The molecule has 0 bridgehead atoms. The van der Waals surface area contributed by atoms with E-state index in [-0.39, 0.29) is 11.9 Å². The summed E-state index contributed by atoms with van der Waals surface area (Å²) in [6.45, 7) is 2.62. The average molecular weight is 364 g/mol. The van der Waals surface area contributed by atoms with Crippen LogP contribution in [0.3, 0.4) is 0 Å². The standard InChI is InChI=1S/C21H24N4O2/c1-27-20-7-3-2-6-16(20)19(25-10-4-5-11-25)13-22-21(26)15-8-9-17-18(12-15)24-14-23-17/h2-3,6-9,12,14,19H,4-5,10-11,13H2,1H3,(H,22,26)(H,23,24)/t19-/m1/s1. The van der Waals surface area contributed by atoms with E-state index in [0.717, 1.165) is 35.4 Å². The molecule has 2 aromatic carbocycles. The Labute approximate surface area is 158 Å². The molecule has 1 saturated heterocycles. The Morgan fingerprint density at radius 2 is 2.07 bits per heavy atom. The molecule has 0 saturated carbocycles. The van der Waals surface area contributed by atoms with Gasteiger partial charge in [-0.15, -0.1) is 0 Å². The van der Waals surface area contributed by atoms with Gasteiger partial charge in [-0.1, -0.05) is 18.2 Å². The van der Waals surface area contributed by atoms with Crippen molar-refractivity contribution in [1.29, 1.82) is 0 Å². The van der Waals surface area contributed by atoms with Crippen LogP contribution in [0.1, 0.15) is 34.8 Å². The number of fused-ring (bicyclic) bond motifs is 1. The van der Waals surface area contributed by atoms with Gasteiger partial charge in [0, 0.05) is 17.7 Å². The quantitative estimate of drug-likeness (QED) is 0.705. The fraction of sp³-hybridized carbons (Fsp3) is 0.333. The first-order valence-electron chi connectivity index (χ1n) is 9.34. The highest BCUT2D eigenvalue weighted by Crippen LogP contribution is 2.31. The molecule has 0 radical (unpaired) electrons. The molecule has 2 N–H and O–H groups in total. The van der Waals surface area contributed by atoms with Gasteiger partial charge in [-0.05, 0) is 50.2 Å². The summed E-state index contributed by atoms with van der Waals surface area (Å²) in [6, 6.07) is 13.7. The number of hydrogen-bond acceptors (Lipinski definition) is 4. The molecule has 6 heteroatoms. The summed E-state index contributed by atoms with van der Waals surface area (Å²) in [5.41, 5.74) is 3.47. The van der Waals surface area contributed by atoms with Crippen molar-refractivity contribution in [3.05, 3.63) is 59.9 Å². The maximum atomic E-state index is 12.7. The van der Waals surface area contributed by atoms with Crippen molar-refractivity contribution in [2.75, 3.05) is 26.7 Å². The Hall–Kier alpha value is -2.86. The van der Waals surface area contributed by atoms with Crippen LogP contribution in [0, 0.1) is 0 Å². The van der Waals surface area contributed by atoms with Gasteiger partial charge < -0.3 is 15.0 Å². The summed E-state index contributed by atoms with van der Waals surface area (Å²) in [4.78, 5) is 22.4. The second kappa shape index (κ2) is 7.80. The van der Waals surface area contributed by atoms with Crippen molar-refractivity contribution in [2.24, 2.45) is 0 Å². The van der Waals surface area contributed by atoms with Crippen molar-refractivity contribution < 1.29 is 9.53 Å². The van der Waals surface area contributed by atoms with Gasteiger partial charge >= 0.3 is 0 Å². The van der Waals surface area contributed by atoms with Crippen molar-refractivity contribution in [1.82, 2.24) is 20.2 Å². The van der Waals surface area contributed by atoms with Crippen LogP contribution in [0.5, 0.6) is 5.75 Å². The number of hydrogen-bond donors (Lipinski definition) is 2. The monoisotopic (exact) mass is 364 g/mol. The molecule has 140 valence electrons. The molecule has 1 aromatic heterocycles. The minimum Gasteiger partial charge on any atom is -0.496 e. The lowest BCUT2D eigenvalue weighted by Gasteiger charge is -2.29. The Kier molecular flexibility index (Phi) is 5.07. The van der Waals surface area contributed by atoms with Crippen molar-refractivity contribution >= 4 is 16.9 Å². The number of carbonyl (C=O) groups excluding carboxylic acids is 1. The van der Waals surface area contributed by atoms with Crippen molar-refractivity contribution in [3.8, 4) is 5.75 Å². The lowest BCUT2D eigenvalue weighted by Crippen LogP contribution is -2.37. The van der Waals surface area contributed by atoms with E-state index in [4.69, 9.17) is 4.74 Å². The molecule has 4 rings (SSSR count). The number of nitrogens with one attached hydrogen (secondary N) is 2. The highest BCUT2D eigenvalue weighted by atomic mass is 16.5. The van der Waals surface area contributed by atoms with Gasteiger partial charge in [0.15, 0.2) is 0 Å². The molecular formula is C21H24N4O2. The maximum Gasteiger partial charge on any atom is 0.251 e. The summed E-state index contributed by atoms with van der Waals surface area (Å²) >= 11 is 0. The fourth-order valence-corrected chi connectivity index (χ4v) is 3.80. The molecule has 27 heavy (non-hydrogen) atoms. The number of aromatic amines is 1. The minimum atomic E-state index is -0.0782. The summed E-state index contributed by atoms with van der Waals surface area (Å²) in [7, 11) is 1.69. The van der Waals surface area contributed by atoms with Gasteiger partial charge in [0.1, 0.15) is 5.75 Å². The molecule has 1 atom stereocenters. The van der Waals surface area contributed by atoms with Crippen LogP contribution in [-0.2, 0) is 0 Å². The normalized spacial score (nSPS) is 15.7. The van der Waals surface area contributed by atoms with Crippen LogP contribution in [0.4, 0.5) is 0 Å². The van der Waals surface area contributed by atoms with Gasteiger partial charge in [-0.2, -0.15) is 0 Å². The van der Waals surface area contributed by atoms with Crippen LogP contribution < -0.4 is 10.1 Å². The van der Waals surface area contributed by atoms with E-state index in [2.05, 4.69) is 26.3 Å². The minimum absolute atomic E-state index is 0.0782. The van der Waals surface area contributed by atoms with Crippen molar-refractivity contribution in [3.63, 3.8) is 0 Å². The Morgan fingerprint density at radius 1 is 1.26 bits per heavy atom. The molecule has 0 aliphatic carbocycles. The van der Waals surface area contributed by atoms with Crippen molar-refractivity contribution in [2.45, 2.75) is 18.9 Å². The summed E-state index contributed by atoms with van der Waals surface area (Å²) in [5.74, 6) is 0.785. The first-order chi connectivity index (χ1) is 13.3. The number of imidazole rings is 1. The second-order valence-corrected chi connectivity index (χ2v) is 6.85. The number of aromatic nitrogens is 2. The number of amides is 1. The number of para-hydroxylation sites is 1. The third-order valence-corrected chi connectivity index (χ3v) is 5.22. The Morgan fingerprint density at radius 3 is 2.89 bits per heavy atom. The highest BCUT2D eigenvalue weighted by Gasteiger charge is 2.26. The van der Waals surface area contributed by atoms with Gasteiger partial charge in [-0.25, -0.2) is 4.98 Å². The molecule has 3 aromatic rings. The average Bonchev–Trinajstić information content (AvgIpc) is 3.39. The summed E-state index contributed by atoms with van der Waals surface area (Å²) in [5, 5.41) is 3.11. The van der Waals surface area contributed by atoms with E-state index in [9.17, 15) is 4.79 Å². The second-order valence-electron chi connectivity index (χ2n) is 6.85. The SMILES string of the molecule is COc1ccccc1[C@@H](CNC(=O)c1ccc2nc[nH]c2c1)N1CCCC1. The topological polar surface area (TPSA) is 70.2 Å². The molecular weight excluding hydrogens is 340 g/mol. The molecule has 1 amide bonds. The van der Waals surface area contributed by atoms with E-state index in [1.807, 2.05) is 36.4 Å². The van der Waals surface area contributed by atoms with E-state index in [1.165, 1.54) is 12.8 Å². The van der Waals surface area contributed by atoms with Crippen LogP contribution in [0.15, 0.2) is 48.8 Å². The summed E-state index contributed by atoms with van der Waals surface area (Å²) < 4.78 is 5.57. The maximum absolute atomic E-state index is 12.7. The van der Waals surface area contributed by atoms with Crippen LogP contribution in [0.25, 0.3) is 11.0 Å². The van der Waals surface area contributed by atoms with E-state index in [1.54, 1.807) is 13.4 Å². The molecule has 0 spiro atoms. The molecule has 1 fully saturated rings. The van der Waals surface area contributed by atoms with Crippen LogP contribution >= 0.6 is 0 Å². The zero-order valence-electron chi connectivity index (χ0n) is 15.4. The number of likely N-dealkylation sites (tertiary alicyclic amines) is 1. The largest absolute Gasteiger partial charge is 0.496 e. The smallest absolute Gasteiger partial charge is 0.251 e. The van der Waals surface area contributed by atoms with Gasteiger partial charge in [0.05, 0.1) is 30.5 Å². The first kappa shape index (κ1) is 17.5. The molecule has 1 aliphatic heterocycles. The van der Waals surface area contributed by atoms with E-state index < -0.39 is 0 Å². The molecule has 6 nitrogen and oxygen atoms in total. The van der Waals surface area contributed by atoms with Gasteiger partial charge in [0.2, 0.25) is 0 Å². The first-order valence-corrected chi connectivity index (χ1v) is 9.34. The molecule has 1 aliphatic rings. The number of H-pyrrole nitrogens is 1. The zero-order chi connectivity index (χ0) is 18.6. The molecule has 0 unspecified atom stereocenters. The number of nitrogens with zero attached hydrogens (tertiary/aromatic N) is 2. The predicted molar refractivity (Wildman–Crippen MR) is 105 cm³/mol. The number of methoxy groups -OCH3 is 1. The van der Waals surface area contributed by atoms with Gasteiger partial charge in [0.25, 0.3) is 5.91 Å². The lowest BCUT2D eigenvalue weighted by atomic mass is 10.0. The lowest BCUT2D eigenvalue weighted by molar-refractivity contribution is 0.0937. The third-order valence-electron chi connectivity index (χ3n) is 5.22. The number of benzene rings is 2. The number of rotatable bonds is 6. The summed E-state index contributed by atoms with van der Waals surface area (Å²) in [6.07, 6.45) is 4.02. The van der Waals surface area contributed by atoms with Gasteiger partial charge in [-0.3, -0.25) is 9.69 Å². The zero-order valence-corrected chi connectivity index (χ0v) is 15.4. The number of ether oxygens (including phenoxy) is 1. The Balaban J connectivity index is 1.53. The third kappa shape index (κ3) is 3.66. The molecule has 2 heterocycles. The Bertz CT molecular complexity index is 931. The van der Waals surface area contributed by atoms with Crippen LogP contribution in [-0.4, -0.2) is 47.5 Å². The van der Waals surface area contributed by atoms with E-state index >= 15 is 0 Å². The highest BCUT2D eigenvalue weighted by molar-refractivity contribution is 5.97. The van der Waals surface area contributed by atoms with Crippen LogP contribution in [0.2, 0.25) is 0 Å². The number of carbonyl (C=O) groups is 1. The predicted octanol–water partition coefficient (Wildman–Crippen LogP) is 3.14. The fourth-order valence-electron chi connectivity index (χ4n) is 3.80.